The van der Waals surface area contributed by atoms with Crippen LogP contribution in [0.5, 0.6) is 0 Å². The Morgan fingerprint density at radius 3 is 2.33 bits per heavy atom. The molecule has 1 saturated heterocycles. The van der Waals surface area contributed by atoms with Crippen molar-refractivity contribution in [3.8, 4) is 0 Å². The van der Waals surface area contributed by atoms with Gasteiger partial charge in [-0.1, -0.05) is 38.1 Å². The maximum absolute atomic E-state index is 11.5. The van der Waals surface area contributed by atoms with Crippen molar-refractivity contribution >= 4 is 10.2 Å². The molecular weight excluding hydrogens is 248 g/mol. The maximum Gasteiger partial charge on any atom is 0.279 e. The van der Waals surface area contributed by atoms with E-state index >= 15 is 0 Å². The van der Waals surface area contributed by atoms with Crippen LogP contribution >= 0.6 is 0 Å². The van der Waals surface area contributed by atoms with E-state index in [1.807, 2.05) is 0 Å². The van der Waals surface area contributed by atoms with E-state index in [4.69, 9.17) is 0 Å². The smallest absolute Gasteiger partial charge is 0.202 e. The molecule has 0 radical (unpaired) electrons. The minimum atomic E-state index is -3.20. The standard InChI is InChI=1S/C13H20N2O2S/c1-11(2)13-5-3-12(4-6-13)7-8-14-18(16,17)15-9-10-15/h3-6,11,14H,7-10H2,1-2H3. The summed E-state index contributed by atoms with van der Waals surface area (Å²) in [6, 6.07) is 8.36. The van der Waals surface area contributed by atoms with E-state index in [0.29, 0.717) is 25.6 Å². The van der Waals surface area contributed by atoms with Gasteiger partial charge < -0.3 is 0 Å². The minimum absolute atomic E-state index is 0.458. The molecule has 1 fully saturated rings. The second-order valence-corrected chi connectivity index (χ2v) is 6.70. The molecule has 1 N–H and O–H groups in total. The molecule has 0 spiro atoms. The van der Waals surface area contributed by atoms with Crippen LogP contribution in [0, 0.1) is 0 Å². The molecule has 1 aromatic rings. The van der Waals surface area contributed by atoms with Crippen molar-refractivity contribution in [1.29, 1.82) is 0 Å². The monoisotopic (exact) mass is 268 g/mol. The summed E-state index contributed by atoms with van der Waals surface area (Å²) in [5, 5.41) is 0. The van der Waals surface area contributed by atoms with Crippen molar-refractivity contribution in [3.05, 3.63) is 35.4 Å². The van der Waals surface area contributed by atoms with E-state index in [9.17, 15) is 8.42 Å². The van der Waals surface area contributed by atoms with Crippen LogP contribution in [0.2, 0.25) is 0 Å². The summed E-state index contributed by atoms with van der Waals surface area (Å²) in [6.45, 7) is 6.08. The molecular formula is C13H20N2O2S. The van der Waals surface area contributed by atoms with Gasteiger partial charge in [0, 0.05) is 19.6 Å². The van der Waals surface area contributed by atoms with Crippen molar-refractivity contribution in [3.63, 3.8) is 0 Å². The third-order valence-corrected chi connectivity index (χ3v) is 4.70. The van der Waals surface area contributed by atoms with Crippen LogP contribution in [-0.2, 0) is 16.6 Å². The highest BCUT2D eigenvalue weighted by molar-refractivity contribution is 7.87. The fourth-order valence-corrected chi connectivity index (χ4v) is 2.87. The van der Waals surface area contributed by atoms with Gasteiger partial charge in [0.05, 0.1) is 0 Å². The summed E-state index contributed by atoms with van der Waals surface area (Å²) in [7, 11) is -3.20. The molecule has 1 heterocycles. The van der Waals surface area contributed by atoms with E-state index in [-0.39, 0.29) is 0 Å². The first-order chi connectivity index (χ1) is 8.49. The first-order valence-corrected chi connectivity index (χ1v) is 7.76. The molecule has 0 unspecified atom stereocenters. The van der Waals surface area contributed by atoms with Gasteiger partial charge in [-0.05, 0) is 23.5 Å². The molecule has 5 heteroatoms. The Morgan fingerprint density at radius 2 is 1.83 bits per heavy atom. The highest BCUT2D eigenvalue weighted by atomic mass is 32.2. The van der Waals surface area contributed by atoms with Crippen molar-refractivity contribution in [2.75, 3.05) is 19.6 Å². The zero-order valence-electron chi connectivity index (χ0n) is 10.9. The number of hydrogen-bond acceptors (Lipinski definition) is 2. The van der Waals surface area contributed by atoms with Gasteiger partial charge in [-0.2, -0.15) is 12.7 Å². The Balaban J connectivity index is 1.83. The quantitative estimate of drug-likeness (QED) is 0.795. The minimum Gasteiger partial charge on any atom is -0.202 e. The van der Waals surface area contributed by atoms with Gasteiger partial charge in [0.25, 0.3) is 10.2 Å². The Morgan fingerprint density at radius 1 is 1.22 bits per heavy atom. The second kappa shape index (κ2) is 5.38. The Hall–Kier alpha value is -0.910. The summed E-state index contributed by atoms with van der Waals surface area (Å²) in [5.41, 5.74) is 2.47. The van der Waals surface area contributed by atoms with Gasteiger partial charge in [-0.15, -0.1) is 0 Å². The van der Waals surface area contributed by atoms with Crippen LogP contribution in [0.4, 0.5) is 0 Å². The van der Waals surface area contributed by atoms with Gasteiger partial charge in [0.1, 0.15) is 0 Å². The summed E-state index contributed by atoms with van der Waals surface area (Å²) in [6.07, 6.45) is 0.728. The van der Waals surface area contributed by atoms with Gasteiger partial charge in [0.15, 0.2) is 0 Å². The first-order valence-electron chi connectivity index (χ1n) is 6.32. The van der Waals surface area contributed by atoms with E-state index in [1.54, 1.807) is 0 Å². The zero-order chi connectivity index (χ0) is 13.2. The molecule has 100 valence electrons. The van der Waals surface area contributed by atoms with Gasteiger partial charge >= 0.3 is 0 Å². The zero-order valence-corrected chi connectivity index (χ0v) is 11.7. The van der Waals surface area contributed by atoms with E-state index in [1.165, 1.54) is 9.87 Å². The lowest BCUT2D eigenvalue weighted by Gasteiger charge is -2.08. The summed E-state index contributed by atoms with van der Waals surface area (Å²) >= 11 is 0. The first kappa shape index (κ1) is 13.5. The van der Waals surface area contributed by atoms with Gasteiger partial charge in [-0.25, -0.2) is 4.72 Å². The number of nitrogens with zero attached hydrogens (tertiary/aromatic N) is 1. The highest BCUT2D eigenvalue weighted by Crippen LogP contribution is 2.15. The normalized spacial score (nSPS) is 16.2. The summed E-state index contributed by atoms with van der Waals surface area (Å²) in [5.74, 6) is 0.528. The molecule has 1 aliphatic heterocycles. The molecule has 2 rings (SSSR count). The number of benzene rings is 1. The third kappa shape index (κ3) is 3.54. The van der Waals surface area contributed by atoms with Gasteiger partial charge in [-0.3, -0.25) is 0 Å². The number of rotatable bonds is 6. The summed E-state index contributed by atoms with van der Waals surface area (Å²) in [4.78, 5) is 0. The molecule has 18 heavy (non-hydrogen) atoms. The Labute approximate surface area is 109 Å². The topological polar surface area (TPSA) is 49.2 Å². The molecule has 0 aliphatic carbocycles. The van der Waals surface area contributed by atoms with Crippen molar-refractivity contribution in [2.24, 2.45) is 0 Å². The molecule has 0 bridgehead atoms. The lowest BCUT2D eigenvalue weighted by Crippen LogP contribution is -2.31. The highest BCUT2D eigenvalue weighted by Gasteiger charge is 2.30. The van der Waals surface area contributed by atoms with E-state index in [0.717, 1.165) is 12.0 Å². The van der Waals surface area contributed by atoms with Crippen molar-refractivity contribution < 1.29 is 8.42 Å². The van der Waals surface area contributed by atoms with Crippen molar-refractivity contribution in [1.82, 2.24) is 9.03 Å². The average Bonchev–Trinajstić information content (AvgIpc) is 3.13. The lowest BCUT2D eigenvalue weighted by atomic mass is 10.0. The fraction of sp³-hybridized carbons (Fsp3) is 0.538. The predicted octanol–water partition coefficient (Wildman–Crippen LogP) is 1.50. The maximum atomic E-state index is 11.5. The second-order valence-electron chi connectivity index (χ2n) is 4.94. The van der Waals surface area contributed by atoms with E-state index < -0.39 is 10.2 Å². The van der Waals surface area contributed by atoms with Crippen LogP contribution in [-0.4, -0.2) is 32.4 Å². The largest absolute Gasteiger partial charge is 0.279 e. The van der Waals surface area contributed by atoms with Crippen LogP contribution in [0.15, 0.2) is 24.3 Å². The molecule has 0 amide bonds. The molecule has 1 aliphatic rings. The van der Waals surface area contributed by atoms with E-state index in [2.05, 4.69) is 42.8 Å². The van der Waals surface area contributed by atoms with Gasteiger partial charge in [0.2, 0.25) is 0 Å². The summed E-state index contributed by atoms with van der Waals surface area (Å²) < 4.78 is 27.1. The molecule has 0 aromatic heterocycles. The molecule has 1 aromatic carbocycles. The number of hydrogen-bond donors (Lipinski definition) is 1. The molecule has 0 saturated carbocycles. The Kier molecular flexibility index (Phi) is 4.04. The van der Waals surface area contributed by atoms with Crippen LogP contribution in [0.1, 0.15) is 30.9 Å². The van der Waals surface area contributed by atoms with Crippen LogP contribution in [0.3, 0.4) is 0 Å². The number of nitrogens with one attached hydrogen (secondary N) is 1. The molecule has 0 atom stereocenters. The lowest BCUT2D eigenvalue weighted by molar-refractivity contribution is 0.547. The Bertz CT molecular complexity index is 490. The SMILES string of the molecule is CC(C)c1ccc(CCNS(=O)(=O)N2CC2)cc1. The predicted molar refractivity (Wildman–Crippen MR) is 72.7 cm³/mol. The van der Waals surface area contributed by atoms with Crippen LogP contribution < -0.4 is 4.72 Å². The van der Waals surface area contributed by atoms with Crippen LogP contribution in [0.25, 0.3) is 0 Å². The average molecular weight is 268 g/mol. The molecule has 4 nitrogen and oxygen atoms in total. The van der Waals surface area contributed by atoms with Crippen molar-refractivity contribution in [2.45, 2.75) is 26.2 Å². The fourth-order valence-electron chi connectivity index (χ4n) is 1.77. The third-order valence-electron chi connectivity index (χ3n) is 3.09.